The zero-order chi connectivity index (χ0) is 13.3. The lowest BCUT2D eigenvalue weighted by Crippen LogP contribution is -1.94. The van der Waals surface area contributed by atoms with E-state index in [2.05, 4.69) is 0 Å². The zero-order valence-corrected chi connectivity index (χ0v) is 11.2. The van der Waals surface area contributed by atoms with Gasteiger partial charge in [0.2, 0.25) is 0 Å². The van der Waals surface area contributed by atoms with E-state index >= 15 is 0 Å². The zero-order valence-electron chi connectivity index (χ0n) is 8.88. The third-order valence-corrected chi connectivity index (χ3v) is 3.37. The predicted molar refractivity (Wildman–Crippen MR) is 72.0 cm³/mol. The van der Waals surface area contributed by atoms with Gasteiger partial charge in [-0.15, -0.1) is 0 Å². The second kappa shape index (κ2) is 5.27. The average Bonchev–Trinajstić information content (AvgIpc) is 2.33. The Balaban J connectivity index is 2.54. The average molecular weight is 304 g/mol. The van der Waals surface area contributed by atoms with E-state index in [0.29, 0.717) is 15.6 Å². The van der Waals surface area contributed by atoms with E-state index in [4.69, 9.17) is 34.8 Å². The van der Waals surface area contributed by atoms with Crippen molar-refractivity contribution in [3.05, 3.63) is 57.8 Å². The van der Waals surface area contributed by atoms with Gasteiger partial charge in [0.25, 0.3) is 5.24 Å². The van der Waals surface area contributed by atoms with Crippen molar-refractivity contribution in [2.45, 2.75) is 0 Å². The fraction of sp³-hybridized carbons (Fsp3) is 0. The molecule has 0 N–H and O–H groups in total. The summed E-state index contributed by atoms with van der Waals surface area (Å²) in [7, 11) is 0. The van der Waals surface area contributed by atoms with Crippen LogP contribution in [0, 0.1) is 5.82 Å². The SMILES string of the molecule is O=C(Cl)c1cc(-c2ccc(Cl)c(Cl)c2)ccc1F. The quantitative estimate of drug-likeness (QED) is 0.699. The van der Waals surface area contributed by atoms with Gasteiger partial charge in [0.05, 0.1) is 15.6 Å². The molecule has 18 heavy (non-hydrogen) atoms. The first-order valence-electron chi connectivity index (χ1n) is 4.94. The first-order valence-corrected chi connectivity index (χ1v) is 6.07. The van der Waals surface area contributed by atoms with Gasteiger partial charge >= 0.3 is 0 Å². The summed E-state index contributed by atoms with van der Waals surface area (Å²) in [6.45, 7) is 0. The molecule has 2 aromatic rings. The maximum absolute atomic E-state index is 13.3. The van der Waals surface area contributed by atoms with E-state index in [0.717, 1.165) is 5.56 Å². The molecule has 1 nitrogen and oxygen atoms in total. The van der Waals surface area contributed by atoms with Crippen LogP contribution in [0.3, 0.4) is 0 Å². The number of rotatable bonds is 2. The molecule has 0 bridgehead atoms. The molecule has 92 valence electrons. The Kier molecular flexibility index (Phi) is 3.91. The Hall–Kier alpha value is -1.09. The Bertz CT molecular complexity index is 626. The highest BCUT2D eigenvalue weighted by Gasteiger charge is 2.11. The molecule has 0 fully saturated rings. The molecule has 0 atom stereocenters. The molecule has 0 unspecified atom stereocenters. The molecule has 2 aromatic carbocycles. The minimum Gasteiger partial charge on any atom is -0.275 e. The summed E-state index contributed by atoms with van der Waals surface area (Å²) in [5.74, 6) is -0.654. The number of hydrogen-bond donors (Lipinski definition) is 0. The van der Waals surface area contributed by atoms with Gasteiger partial charge in [-0.3, -0.25) is 4.79 Å². The van der Waals surface area contributed by atoms with Crippen molar-refractivity contribution >= 4 is 40.0 Å². The smallest absolute Gasteiger partial charge is 0.255 e. The minimum absolute atomic E-state index is 0.166. The first kappa shape index (κ1) is 13.3. The third kappa shape index (κ3) is 2.66. The molecule has 0 amide bonds. The fourth-order valence-corrected chi connectivity index (χ4v) is 1.97. The van der Waals surface area contributed by atoms with Crippen molar-refractivity contribution in [3.63, 3.8) is 0 Å². The molecule has 5 heteroatoms. The van der Waals surface area contributed by atoms with Crippen molar-refractivity contribution in [2.24, 2.45) is 0 Å². The summed E-state index contributed by atoms with van der Waals surface area (Å²) in [5.41, 5.74) is 1.20. The van der Waals surface area contributed by atoms with Gasteiger partial charge in [-0.1, -0.05) is 35.3 Å². The molecule has 0 saturated carbocycles. The summed E-state index contributed by atoms with van der Waals surface area (Å²) in [4.78, 5) is 11.0. The normalized spacial score (nSPS) is 10.4. The molecular weight excluding hydrogens is 297 g/mol. The molecule has 0 aliphatic heterocycles. The first-order chi connectivity index (χ1) is 8.49. The van der Waals surface area contributed by atoms with Crippen molar-refractivity contribution < 1.29 is 9.18 Å². The van der Waals surface area contributed by atoms with E-state index in [1.54, 1.807) is 18.2 Å². The molecular formula is C13H6Cl3FO. The van der Waals surface area contributed by atoms with Gasteiger partial charge in [-0.25, -0.2) is 4.39 Å². The highest BCUT2D eigenvalue weighted by Crippen LogP contribution is 2.29. The van der Waals surface area contributed by atoms with E-state index in [-0.39, 0.29) is 5.56 Å². The van der Waals surface area contributed by atoms with Crippen LogP contribution in [0.5, 0.6) is 0 Å². The second-order valence-electron chi connectivity index (χ2n) is 3.60. The van der Waals surface area contributed by atoms with E-state index in [1.165, 1.54) is 18.2 Å². The highest BCUT2D eigenvalue weighted by molar-refractivity contribution is 6.67. The van der Waals surface area contributed by atoms with Crippen LogP contribution in [-0.4, -0.2) is 5.24 Å². The summed E-state index contributed by atoms with van der Waals surface area (Å²) >= 11 is 17.0. The predicted octanol–water partition coefficient (Wildman–Crippen LogP) is 5.18. The van der Waals surface area contributed by atoms with E-state index < -0.39 is 11.1 Å². The van der Waals surface area contributed by atoms with Gasteiger partial charge in [0.15, 0.2) is 0 Å². The van der Waals surface area contributed by atoms with E-state index in [9.17, 15) is 9.18 Å². The highest BCUT2D eigenvalue weighted by atomic mass is 35.5. The molecule has 2 rings (SSSR count). The van der Waals surface area contributed by atoms with Crippen molar-refractivity contribution in [1.82, 2.24) is 0 Å². The summed E-state index contributed by atoms with van der Waals surface area (Å²) in [5, 5.41) is -0.0252. The fourth-order valence-electron chi connectivity index (χ4n) is 1.53. The minimum atomic E-state index is -0.839. The topological polar surface area (TPSA) is 17.1 Å². The van der Waals surface area contributed by atoms with Crippen LogP contribution in [-0.2, 0) is 0 Å². The van der Waals surface area contributed by atoms with Gasteiger partial charge in [-0.2, -0.15) is 0 Å². The number of benzene rings is 2. The lowest BCUT2D eigenvalue weighted by atomic mass is 10.0. The van der Waals surface area contributed by atoms with Crippen LogP contribution < -0.4 is 0 Å². The molecule has 0 radical (unpaired) electrons. The van der Waals surface area contributed by atoms with Crippen molar-refractivity contribution in [3.8, 4) is 11.1 Å². The maximum atomic E-state index is 13.3. The van der Waals surface area contributed by atoms with Crippen LogP contribution in [0.25, 0.3) is 11.1 Å². The molecule has 0 aromatic heterocycles. The third-order valence-electron chi connectivity index (χ3n) is 2.43. The number of carbonyl (C=O) groups is 1. The second-order valence-corrected chi connectivity index (χ2v) is 4.75. The van der Waals surface area contributed by atoms with Gasteiger partial charge < -0.3 is 0 Å². The Morgan fingerprint density at radius 3 is 2.17 bits per heavy atom. The summed E-state index contributed by atoms with van der Waals surface area (Å²) in [6, 6.07) is 9.10. The van der Waals surface area contributed by atoms with Crippen molar-refractivity contribution in [2.75, 3.05) is 0 Å². The number of carbonyl (C=O) groups excluding carboxylic acids is 1. The molecule has 0 aliphatic rings. The Labute approximate surface area is 118 Å². The van der Waals surface area contributed by atoms with Gasteiger partial charge in [0.1, 0.15) is 5.82 Å². The Morgan fingerprint density at radius 1 is 0.944 bits per heavy atom. The molecule has 0 spiro atoms. The molecule has 0 aliphatic carbocycles. The van der Waals surface area contributed by atoms with Gasteiger partial charge in [0, 0.05) is 0 Å². The van der Waals surface area contributed by atoms with Crippen LogP contribution in [0.15, 0.2) is 36.4 Å². The molecule has 0 heterocycles. The summed E-state index contributed by atoms with van der Waals surface area (Å²) in [6.07, 6.45) is 0. The monoisotopic (exact) mass is 302 g/mol. The van der Waals surface area contributed by atoms with Gasteiger partial charge in [-0.05, 0) is 47.0 Å². The Morgan fingerprint density at radius 2 is 1.56 bits per heavy atom. The van der Waals surface area contributed by atoms with E-state index in [1.807, 2.05) is 0 Å². The lowest BCUT2D eigenvalue weighted by molar-refractivity contribution is 0.107. The lowest BCUT2D eigenvalue weighted by Gasteiger charge is -2.05. The largest absolute Gasteiger partial charge is 0.275 e. The number of halogens is 4. The number of hydrogen-bond acceptors (Lipinski definition) is 1. The standard InChI is InChI=1S/C13H6Cl3FO/c14-10-3-1-8(6-11(10)15)7-2-4-12(17)9(5-7)13(16)18/h1-6H. The van der Waals surface area contributed by atoms with Crippen molar-refractivity contribution in [1.29, 1.82) is 0 Å². The van der Waals surface area contributed by atoms with Crippen LogP contribution in [0.1, 0.15) is 10.4 Å². The van der Waals surface area contributed by atoms with Crippen LogP contribution in [0.4, 0.5) is 4.39 Å². The van der Waals surface area contributed by atoms with Crippen LogP contribution >= 0.6 is 34.8 Å². The van der Waals surface area contributed by atoms with Crippen LogP contribution in [0.2, 0.25) is 10.0 Å². The molecule has 0 saturated heterocycles. The maximum Gasteiger partial charge on any atom is 0.255 e. The summed E-state index contributed by atoms with van der Waals surface area (Å²) < 4.78 is 13.3.